The van der Waals surface area contributed by atoms with Crippen molar-refractivity contribution in [3.8, 4) is 0 Å². The van der Waals surface area contributed by atoms with E-state index in [2.05, 4.69) is 22.1 Å². The molecule has 2 aliphatic heterocycles. The number of hydrogen-bond acceptors (Lipinski definition) is 6. The average molecular weight is 281 g/mol. The van der Waals surface area contributed by atoms with E-state index in [1.807, 2.05) is 0 Å². The normalized spacial score (nSPS) is 29.8. The Kier molecular flexibility index (Phi) is 3.71. The lowest BCUT2D eigenvalue weighted by Gasteiger charge is -2.34. The highest BCUT2D eigenvalue weighted by molar-refractivity contribution is 5.67. The summed E-state index contributed by atoms with van der Waals surface area (Å²) in [4.78, 5) is 17.2. The second kappa shape index (κ2) is 5.49. The van der Waals surface area contributed by atoms with Crippen molar-refractivity contribution in [2.75, 3.05) is 13.7 Å². The van der Waals surface area contributed by atoms with Gasteiger partial charge in [-0.3, -0.25) is 0 Å². The number of carboxylic acids is 1. The van der Waals surface area contributed by atoms with Crippen molar-refractivity contribution in [1.29, 1.82) is 0 Å². The molecular weight excluding hydrogens is 262 g/mol. The van der Waals surface area contributed by atoms with Crippen LogP contribution in [0, 0.1) is 0 Å². The largest absolute Gasteiger partial charge is 0.480 e. The maximum atomic E-state index is 10.4. The van der Waals surface area contributed by atoms with E-state index in [9.17, 15) is 4.79 Å². The van der Waals surface area contributed by atoms with Crippen molar-refractivity contribution < 1.29 is 19.2 Å². The van der Waals surface area contributed by atoms with Crippen LogP contribution in [0.5, 0.6) is 0 Å². The van der Waals surface area contributed by atoms with Crippen LogP contribution >= 0.6 is 0 Å². The molecule has 3 rings (SSSR count). The zero-order chi connectivity index (χ0) is 14.1. The number of carbonyl (C=O) groups is 1. The SMILES string of the molecule is CN1C2CCC1CC(c1noc(COCC(=O)O)n1)C2. The molecule has 7 heteroatoms. The fraction of sp³-hybridized carbons (Fsp3) is 0.769. The van der Waals surface area contributed by atoms with Gasteiger partial charge in [0.2, 0.25) is 0 Å². The number of aliphatic carboxylic acids is 1. The Bertz CT molecular complexity index is 476. The summed E-state index contributed by atoms with van der Waals surface area (Å²) in [6.07, 6.45) is 4.65. The topological polar surface area (TPSA) is 88.7 Å². The molecule has 2 bridgehead atoms. The molecule has 1 aromatic rings. The smallest absolute Gasteiger partial charge is 0.329 e. The van der Waals surface area contributed by atoms with Crippen LogP contribution in [-0.4, -0.2) is 51.9 Å². The zero-order valence-corrected chi connectivity index (χ0v) is 11.5. The van der Waals surface area contributed by atoms with E-state index in [4.69, 9.17) is 14.4 Å². The molecule has 1 aromatic heterocycles. The standard InChI is InChI=1S/C13H19N3O4/c1-16-9-2-3-10(16)5-8(4-9)13-14-11(20-15-13)6-19-7-12(17)18/h8-10H,2-7H2,1H3,(H,17,18). The molecule has 2 fully saturated rings. The summed E-state index contributed by atoms with van der Waals surface area (Å²) < 4.78 is 10.1. The van der Waals surface area contributed by atoms with Crippen LogP contribution in [0.4, 0.5) is 0 Å². The van der Waals surface area contributed by atoms with Gasteiger partial charge >= 0.3 is 5.97 Å². The second-order valence-corrected chi connectivity index (χ2v) is 5.65. The van der Waals surface area contributed by atoms with Gasteiger partial charge in [0.05, 0.1) is 0 Å². The zero-order valence-electron chi connectivity index (χ0n) is 11.5. The maximum Gasteiger partial charge on any atom is 0.329 e. The summed E-state index contributed by atoms with van der Waals surface area (Å²) in [7, 11) is 2.19. The Morgan fingerprint density at radius 3 is 2.80 bits per heavy atom. The molecule has 0 spiro atoms. The quantitative estimate of drug-likeness (QED) is 0.861. The fourth-order valence-electron chi connectivity index (χ4n) is 3.34. The number of ether oxygens (including phenoxy) is 1. The minimum atomic E-state index is -1.00. The van der Waals surface area contributed by atoms with Crippen molar-refractivity contribution in [3.05, 3.63) is 11.7 Å². The van der Waals surface area contributed by atoms with E-state index < -0.39 is 5.97 Å². The van der Waals surface area contributed by atoms with Crippen LogP contribution in [0.15, 0.2) is 4.52 Å². The van der Waals surface area contributed by atoms with Gasteiger partial charge in [0.15, 0.2) is 5.82 Å². The van der Waals surface area contributed by atoms with Gasteiger partial charge in [-0.1, -0.05) is 5.16 Å². The molecule has 0 amide bonds. The van der Waals surface area contributed by atoms with Crippen LogP contribution in [0.2, 0.25) is 0 Å². The van der Waals surface area contributed by atoms with Crippen LogP contribution < -0.4 is 0 Å². The Hall–Kier alpha value is -1.47. The van der Waals surface area contributed by atoms with Crippen LogP contribution in [0.1, 0.15) is 43.3 Å². The first-order valence-electron chi connectivity index (χ1n) is 6.97. The van der Waals surface area contributed by atoms with Gasteiger partial charge < -0.3 is 19.3 Å². The van der Waals surface area contributed by atoms with Crippen molar-refractivity contribution in [2.45, 2.75) is 50.3 Å². The van der Waals surface area contributed by atoms with Crippen LogP contribution in [0.3, 0.4) is 0 Å². The maximum absolute atomic E-state index is 10.4. The predicted octanol–water partition coefficient (Wildman–Crippen LogP) is 1.01. The predicted molar refractivity (Wildman–Crippen MR) is 68.1 cm³/mol. The fourth-order valence-corrected chi connectivity index (χ4v) is 3.34. The number of rotatable bonds is 5. The molecule has 0 saturated carbocycles. The molecule has 1 N–H and O–H groups in total. The number of fused-ring (bicyclic) bond motifs is 2. The van der Waals surface area contributed by atoms with Crippen molar-refractivity contribution in [2.24, 2.45) is 0 Å². The monoisotopic (exact) mass is 281 g/mol. The Labute approximate surface area is 116 Å². The molecule has 0 radical (unpaired) electrons. The minimum absolute atomic E-state index is 0.0543. The lowest BCUT2D eigenvalue weighted by molar-refractivity contribution is -0.142. The molecule has 2 atom stereocenters. The van der Waals surface area contributed by atoms with Crippen molar-refractivity contribution in [3.63, 3.8) is 0 Å². The Morgan fingerprint density at radius 2 is 2.15 bits per heavy atom. The first-order chi connectivity index (χ1) is 9.63. The molecule has 0 aromatic carbocycles. The van der Waals surface area contributed by atoms with E-state index >= 15 is 0 Å². The van der Waals surface area contributed by atoms with Gasteiger partial charge in [0.25, 0.3) is 5.89 Å². The summed E-state index contributed by atoms with van der Waals surface area (Å²) >= 11 is 0. The third-order valence-corrected chi connectivity index (χ3v) is 4.40. The van der Waals surface area contributed by atoms with E-state index in [1.165, 1.54) is 12.8 Å². The summed E-state index contributed by atoms with van der Waals surface area (Å²) in [5.41, 5.74) is 0. The Balaban J connectivity index is 1.58. The van der Waals surface area contributed by atoms with Gasteiger partial charge in [-0.15, -0.1) is 0 Å². The number of nitrogens with zero attached hydrogens (tertiary/aromatic N) is 3. The first-order valence-corrected chi connectivity index (χ1v) is 6.97. The van der Waals surface area contributed by atoms with Crippen LogP contribution in [-0.2, 0) is 16.1 Å². The van der Waals surface area contributed by atoms with Gasteiger partial charge in [0.1, 0.15) is 13.2 Å². The molecule has 110 valence electrons. The van der Waals surface area contributed by atoms with Gasteiger partial charge in [-0.25, -0.2) is 4.79 Å². The number of piperidine rings is 1. The Morgan fingerprint density at radius 1 is 1.45 bits per heavy atom. The summed E-state index contributed by atoms with van der Waals surface area (Å²) in [5, 5.41) is 12.5. The molecule has 3 heterocycles. The lowest BCUT2D eigenvalue weighted by atomic mass is 9.90. The highest BCUT2D eigenvalue weighted by atomic mass is 16.5. The molecular formula is C13H19N3O4. The van der Waals surface area contributed by atoms with E-state index in [0.29, 0.717) is 23.9 Å². The highest BCUT2D eigenvalue weighted by Crippen LogP contribution is 2.41. The van der Waals surface area contributed by atoms with Gasteiger partial charge in [-0.2, -0.15) is 4.98 Å². The minimum Gasteiger partial charge on any atom is -0.480 e. The highest BCUT2D eigenvalue weighted by Gasteiger charge is 2.40. The third kappa shape index (κ3) is 2.69. The molecule has 2 aliphatic rings. The number of aromatic nitrogens is 2. The number of carboxylic acid groups (broad SMARTS) is 1. The summed E-state index contributed by atoms with van der Waals surface area (Å²) in [6, 6.07) is 1.26. The third-order valence-electron chi connectivity index (χ3n) is 4.40. The molecule has 7 nitrogen and oxygen atoms in total. The van der Waals surface area contributed by atoms with E-state index in [0.717, 1.165) is 18.7 Å². The average Bonchev–Trinajstić information content (AvgIpc) is 2.92. The molecule has 0 aliphatic carbocycles. The number of hydrogen-bond donors (Lipinski definition) is 1. The van der Waals surface area contributed by atoms with Crippen molar-refractivity contribution in [1.82, 2.24) is 15.0 Å². The van der Waals surface area contributed by atoms with Crippen molar-refractivity contribution >= 4 is 5.97 Å². The van der Waals surface area contributed by atoms with Gasteiger partial charge in [0, 0.05) is 18.0 Å². The summed E-state index contributed by atoms with van der Waals surface area (Å²) in [6.45, 7) is -0.297. The van der Waals surface area contributed by atoms with E-state index in [1.54, 1.807) is 0 Å². The molecule has 20 heavy (non-hydrogen) atoms. The molecule has 2 saturated heterocycles. The first kappa shape index (κ1) is 13.5. The lowest BCUT2D eigenvalue weighted by Crippen LogP contribution is -2.39. The molecule has 2 unspecified atom stereocenters. The van der Waals surface area contributed by atoms with E-state index in [-0.39, 0.29) is 13.2 Å². The summed E-state index contributed by atoms with van der Waals surface area (Å²) in [5.74, 6) is 0.439. The van der Waals surface area contributed by atoms with Crippen LogP contribution in [0.25, 0.3) is 0 Å². The second-order valence-electron chi connectivity index (χ2n) is 5.65. The van der Waals surface area contributed by atoms with Gasteiger partial charge in [-0.05, 0) is 32.7 Å².